The van der Waals surface area contributed by atoms with Crippen LogP contribution in [-0.2, 0) is 12.4 Å². The lowest BCUT2D eigenvalue weighted by atomic mass is 10.1. The quantitative estimate of drug-likeness (QED) is 0.500. The highest BCUT2D eigenvalue weighted by Gasteiger charge is 2.37. The minimum atomic E-state index is -4.97. The van der Waals surface area contributed by atoms with Gasteiger partial charge < -0.3 is 15.1 Å². The smallest absolute Gasteiger partial charge is 0.418 e. The van der Waals surface area contributed by atoms with Gasteiger partial charge in [0.1, 0.15) is 0 Å². The van der Waals surface area contributed by atoms with Crippen LogP contribution in [0.5, 0.6) is 0 Å². The summed E-state index contributed by atoms with van der Waals surface area (Å²) in [6.07, 6.45) is -8.65. The van der Waals surface area contributed by atoms with Crippen molar-refractivity contribution in [2.45, 2.75) is 12.4 Å². The Hall–Kier alpha value is -3.76. The van der Waals surface area contributed by atoms with Gasteiger partial charge in [0, 0.05) is 5.69 Å². The molecule has 0 radical (unpaired) electrons. The van der Waals surface area contributed by atoms with Gasteiger partial charge in [-0.1, -0.05) is 12.1 Å². The van der Waals surface area contributed by atoms with Crippen molar-refractivity contribution in [3.05, 3.63) is 83.3 Å². The summed E-state index contributed by atoms with van der Waals surface area (Å²) in [5, 5.41) is 4.07. The molecule has 5 nitrogen and oxygen atoms in total. The van der Waals surface area contributed by atoms with Gasteiger partial charge in [-0.15, -0.1) is 0 Å². The number of carbonyl (C=O) groups is 2. The fourth-order valence-electron chi connectivity index (χ4n) is 2.68. The van der Waals surface area contributed by atoms with Crippen LogP contribution in [0.25, 0.3) is 0 Å². The molecule has 0 fully saturated rings. The Bertz CT molecular complexity index is 1100. The number of hydrogen-bond donors (Lipinski definition) is 2. The second-order valence-electron chi connectivity index (χ2n) is 6.19. The molecule has 11 heteroatoms. The molecule has 31 heavy (non-hydrogen) atoms. The minimum absolute atomic E-state index is 0.144. The summed E-state index contributed by atoms with van der Waals surface area (Å²) in [7, 11) is 0. The number of rotatable bonds is 4. The Morgan fingerprint density at radius 2 is 1.42 bits per heavy atom. The van der Waals surface area contributed by atoms with Crippen molar-refractivity contribution in [1.29, 1.82) is 0 Å². The molecule has 162 valence electrons. The van der Waals surface area contributed by atoms with Gasteiger partial charge in [0.05, 0.1) is 28.6 Å². The summed E-state index contributed by atoms with van der Waals surface area (Å²) in [5.74, 6) is -2.32. The SMILES string of the molecule is O=C(Nc1ccc(NC(=O)c2ccccc2C(F)(F)F)c(C(F)(F)F)c1)c1ccco1. The minimum Gasteiger partial charge on any atom is -0.459 e. The molecule has 2 aromatic carbocycles. The molecule has 0 spiro atoms. The van der Waals surface area contributed by atoms with Crippen molar-refractivity contribution < 1.29 is 40.3 Å². The first kappa shape index (κ1) is 21.9. The van der Waals surface area contributed by atoms with E-state index in [-0.39, 0.29) is 11.4 Å². The third-order valence-electron chi connectivity index (χ3n) is 4.05. The number of carbonyl (C=O) groups excluding carboxylic acids is 2. The van der Waals surface area contributed by atoms with E-state index in [1.54, 1.807) is 0 Å². The maximum absolute atomic E-state index is 13.5. The van der Waals surface area contributed by atoms with Crippen LogP contribution >= 0.6 is 0 Å². The highest BCUT2D eigenvalue weighted by atomic mass is 19.4. The molecule has 0 saturated carbocycles. The second-order valence-corrected chi connectivity index (χ2v) is 6.19. The first-order valence-electron chi connectivity index (χ1n) is 8.50. The van der Waals surface area contributed by atoms with Gasteiger partial charge in [-0.05, 0) is 42.5 Å². The summed E-state index contributed by atoms with van der Waals surface area (Å²) in [6, 6.07) is 8.85. The molecule has 2 N–H and O–H groups in total. The zero-order valence-electron chi connectivity index (χ0n) is 15.3. The van der Waals surface area contributed by atoms with E-state index in [0.717, 1.165) is 30.3 Å². The summed E-state index contributed by atoms with van der Waals surface area (Å²) in [4.78, 5) is 24.3. The summed E-state index contributed by atoms with van der Waals surface area (Å²) >= 11 is 0. The maximum Gasteiger partial charge on any atom is 0.418 e. The Morgan fingerprint density at radius 3 is 2.03 bits per heavy atom. The first-order valence-corrected chi connectivity index (χ1v) is 8.50. The molecule has 0 atom stereocenters. The highest BCUT2D eigenvalue weighted by molar-refractivity contribution is 6.06. The highest BCUT2D eigenvalue weighted by Crippen LogP contribution is 2.38. The lowest BCUT2D eigenvalue weighted by Crippen LogP contribution is -2.21. The molecule has 0 aliphatic rings. The van der Waals surface area contributed by atoms with E-state index in [1.165, 1.54) is 18.4 Å². The van der Waals surface area contributed by atoms with Crippen molar-refractivity contribution in [2.24, 2.45) is 0 Å². The number of amides is 2. The number of anilines is 2. The summed E-state index contributed by atoms with van der Waals surface area (Å²) < 4.78 is 84.6. The van der Waals surface area contributed by atoms with Crippen molar-refractivity contribution in [2.75, 3.05) is 10.6 Å². The van der Waals surface area contributed by atoms with Gasteiger partial charge in [-0.3, -0.25) is 9.59 Å². The van der Waals surface area contributed by atoms with Gasteiger partial charge in [0.25, 0.3) is 11.8 Å². The predicted molar refractivity (Wildman–Crippen MR) is 97.5 cm³/mol. The van der Waals surface area contributed by atoms with Gasteiger partial charge in [0.2, 0.25) is 0 Å². The van der Waals surface area contributed by atoms with E-state index in [4.69, 9.17) is 4.42 Å². The topological polar surface area (TPSA) is 71.3 Å². The molecular weight excluding hydrogens is 430 g/mol. The van der Waals surface area contributed by atoms with Gasteiger partial charge in [-0.2, -0.15) is 26.3 Å². The standard InChI is InChI=1S/C20H12F6N2O3/c21-19(22,23)13-5-2-1-4-12(13)17(29)28-15-8-7-11(10-14(15)20(24,25)26)27-18(30)16-6-3-9-31-16/h1-10H,(H,27,30)(H,28,29). The van der Waals surface area contributed by atoms with E-state index >= 15 is 0 Å². The van der Waals surface area contributed by atoms with Gasteiger partial charge in [0.15, 0.2) is 5.76 Å². The second kappa shape index (κ2) is 8.17. The van der Waals surface area contributed by atoms with Gasteiger partial charge >= 0.3 is 12.4 Å². The van der Waals surface area contributed by atoms with E-state index in [0.29, 0.717) is 12.1 Å². The van der Waals surface area contributed by atoms with E-state index in [1.807, 2.05) is 5.32 Å². The normalized spacial score (nSPS) is 11.8. The van der Waals surface area contributed by atoms with Gasteiger partial charge in [-0.25, -0.2) is 0 Å². The van der Waals surface area contributed by atoms with Crippen molar-refractivity contribution in [3.63, 3.8) is 0 Å². The van der Waals surface area contributed by atoms with E-state index in [2.05, 4.69) is 5.32 Å². The number of halogens is 6. The summed E-state index contributed by atoms with van der Waals surface area (Å²) in [6.45, 7) is 0. The third-order valence-corrected chi connectivity index (χ3v) is 4.05. The molecule has 3 aromatic rings. The van der Waals surface area contributed by atoms with Crippen LogP contribution in [-0.4, -0.2) is 11.8 Å². The molecule has 1 aromatic heterocycles. The molecule has 0 aliphatic carbocycles. The van der Waals surface area contributed by atoms with Crippen LogP contribution in [0.4, 0.5) is 37.7 Å². The van der Waals surface area contributed by atoms with Crippen molar-refractivity contribution >= 4 is 23.2 Å². The van der Waals surface area contributed by atoms with Crippen LogP contribution in [0.2, 0.25) is 0 Å². The van der Waals surface area contributed by atoms with E-state index in [9.17, 15) is 35.9 Å². The van der Waals surface area contributed by atoms with E-state index < -0.39 is 46.5 Å². The third kappa shape index (κ3) is 5.05. The molecule has 0 bridgehead atoms. The number of furan rings is 1. The van der Waals surface area contributed by atoms with Crippen LogP contribution in [0, 0.1) is 0 Å². The zero-order valence-corrected chi connectivity index (χ0v) is 15.3. The largest absolute Gasteiger partial charge is 0.459 e. The zero-order chi connectivity index (χ0) is 22.8. The van der Waals surface area contributed by atoms with Crippen LogP contribution in [0.1, 0.15) is 32.0 Å². The van der Waals surface area contributed by atoms with Crippen LogP contribution < -0.4 is 10.6 Å². The average molecular weight is 442 g/mol. The average Bonchev–Trinajstić information content (AvgIpc) is 3.22. The monoisotopic (exact) mass is 442 g/mol. The Balaban J connectivity index is 1.91. The summed E-state index contributed by atoms with van der Waals surface area (Å²) in [5.41, 5.74) is -4.52. The molecule has 0 saturated heterocycles. The fraction of sp³-hybridized carbons (Fsp3) is 0.100. The molecule has 0 aliphatic heterocycles. The maximum atomic E-state index is 13.5. The van der Waals surface area contributed by atoms with Crippen molar-refractivity contribution in [3.8, 4) is 0 Å². The van der Waals surface area contributed by atoms with Crippen LogP contribution in [0.3, 0.4) is 0 Å². The van der Waals surface area contributed by atoms with Crippen molar-refractivity contribution in [1.82, 2.24) is 0 Å². The first-order chi connectivity index (χ1) is 14.5. The lowest BCUT2D eigenvalue weighted by Gasteiger charge is -2.17. The molecule has 2 amide bonds. The fourth-order valence-corrected chi connectivity index (χ4v) is 2.68. The predicted octanol–water partition coefficient (Wildman–Crippen LogP) is 5.82. The molecule has 3 rings (SSSR count). The number of nitrogens with one attached hydrogen (secondary N) is 2. The molecule has 0 unspecified atom stereocenters. The van der Waals surface area contributed by atoms with Crippen LogP contribution in [0.15, 0.2) is 65.3 Å². The lowest BCUT2D eigenvalue weighted by molar-refractivity contribution is -0.138. The Kier molecular flexibility index (Phi) is 5.78. The molecule has 1 heterocycles. The number of alkyl halides is 6. The molecular formula is C20H12F6N2O3. The Labute approximate surface area is 170 Å². The Morgan fingerprint density at radius 1 is 0.742 bits per heavy atom. The number of hydrogen-bond acceptors (Lipinski definition) is 3. The number of benzene rings is 2.